The van der Waals surface area contributed by atoms with Crippen molar-refractivity contribution in [3.05, 3.63) is 35.4 Å². The summed E-state index contributed by atoms with van der Waals surface area (Å²) in [4.78, 5) is 4.12. The number of halogens is 3. The molecule has 0 amide bonds. The van der Waals surface area contributed by atoms with Gasteiger partial charge in [-0.3, -0.25) is 4.99 Å². The van der Waals surface area contributed by atoms with E-state index in [-0.39, 0.29) is 24.0 Å². The van der Waals surface area contributed by atoms with Gasteiger partial charge in [0, 0.05) is 32.4 Å². The van der Waals surface area contributed by atoms with E-state index in [1.807, 2.05) is 6.92 Å². The second-order valence-corrected chi connectivity index (χ2v) is 4.27. The smallest absolute Gasteiger partial charge is 0.188 e. The molecule has 3 N–H and O–H groups in total. The normalized spacial score (nSPS) is 11.1. The Balaban J connectivity index is 0.00000400. The molecule has 0 atom stereocenters. The molecule has 1 aromatic rings. The first-order valence-electron chi connectivity index (χ1n) is 6.68. The minimum atomic E-state index is -0.572. The number of nitrogens with zero attached hydrogens (tertiary/aromatic N) is 1. The van der Waals surface area contributed by atoms with Crippen molar-refractivity contribution in [1.82, 2.24) is 5.32 Å². The van der Waals surface area contributed by atoms with Gasteiger partial charge < -0.3 is 15.8 Å². The lowest BCUT2D eigenvalue weighted by molar-refractivity contribution is 0.146. The summed E-state index contributed by atoms with van der Waals surface area (Å²) in [7, 11) is 0. The zero-order chi connectivity index (χ0) is 14.8. The third-order valence-electron chi connectivity index (χ3n) is 2.58. The molecule has 0 unspecified atom stereocenters. The molecule has 0 aliphatic carbocycles. The van der Waals surface area contributed by atoms with Crippen molar-refractivity contribution in [3.8, 4) is 0 Å². The Morgan fingerprint density at radius 1 is 1.29 bits per heavy atom. The number of guanidine groups is 1. The van der Waals surface area contributed by atoms with Gasteiger partial charge >= 0.3 is 0 Å². The van der Waals surface area contributed by atoms with Gasteiger partial charge in [-0.1, -0.05) is 0 Å². The van der Waals surface area contributed by atoms with Crippen molar-refractivity contribution in [2.45, 2.75) is 19.8 Å². The van der Waals surface area contributed by atoms with Crippen LogP contribution in [0.5, 0.6) is 0 Å². The van der Waals surface area contributed by atoms with Gasteiger partial charge in [0.05, 0.1) is 0 Å². The Kier molecular flexibility index (Phi) is 11.1. The van der Waals surface area contributed by atoms with Gasteiger partial charge in [-0.25, -0.2) is 8.78 Å². The molecule has 0 aromatic heterocycles. The fraction of sp³-hybridized carbons (Fsp3) is 0.500. The van der Waals surface area contributed by atoms with Crippen LogP contribution in [0.4, 0.5) is 8.78 Å². The highest BCUT2D eigenvalue weighted by molar-refractivity contribution is 14.0. The number of aliphatic imine (C=N–C) groups is 1. The molecule has 4 nitrogen and oxygen atoms in total. The van der Waals surface area contributed by atoms with Gasteiger partial charge in [-0.2, -0.15) is 0 Å². The quantitative estimate of drug-likeness (QED) is 0.298. The van der Waals surface area contributed by atoms with Crippen molar-refractivity contribution in [2.24, 2.45) is 10.7 Å². The van der Waals surface area contributed by atoms with Crippen LogP contribution in [0.1, 0.15) is 18.9 Å². The van der Waals surface area contributed by atoms with Crippen LogP contribution in [0.3, 0.4) is 0 Å². The van der Waals surface area contributed by atoms with Crippen molar-refractivity contribution < 1.29 is 13.5 Å². The minimum Gasteiger partial charge on any atom is -0.382 e. The van der Waals surface area contributed by atoms with Gasteiger partial charge in [0.1, 0.15) is 11.6 Å². The van der Waals surface area contributed by atoms with E-state index >= 15 is 0 Å². The summed E-state index contributed by atoms with van der Waals surface area (Å²) in [5.74, 6) is -0.812. The molecule has 0 spiro atoms. The maximum absolute atomic E-state index is 13.0. The zero-order valence-electron chi connectivity index (χ0n) is 12.1. The predicted molar refractivity (Wildman–Crippen MR) is 91.1 cm³/mol. The average molecular weight is 413 g/mol. The second-order valence-electron chi connectivity index (χ2n) is 4.27. The van der Waals surface area contributed by atoms with Gasteiger partial charge in [-0.05, 0) is 37.5 Å². The lowest BCUT2D eigenvalue weighted by Crippen LogP contribution is -2.33. The Bertz CT molecular complexity index is 424. The predicted octanol–water partition coefficient (Wildman–Crippen LogP) is 2.46. The van der Waals surface area contributed by atoms with Crippen molar-refractivity contribution in [2.75, 3.05) is 26.3 Å². The highest BCUT2D eigenvalue weighted by Gasteiger charge is 2.00. The van der Waals surface area contributed by atoms with Crippen molar-refractivity contribution in [3.63, 3.8) is 0 Å². The summed E-state index contributed by atoms with van der Waals surface area (Å²) in [6.45, 7) is 4.36. The van der Waals surface area contributed by atoms with E-state index in [4.69, 9.17) is 10.5 Å². The SMILES string of the molecule is CCOCCCN=C(N)NCCc1cc(F)cc(F)c1.I. The molecule has 0 fully saturated rings. The molecule has 7 heteroatoms. The molecule has 21 heavy (non-hydrogen) atoms. The summed E-state index contributed by atoms with van der Waals surface area (Å²) < 4.78 is 31.1. The summed E-state index contributed by atoms with van der Waals surface area (Å²) >= 11 is 0. The number of hydrogen-bond acceptors (Lipinski definition) is 2. The van der Waals surface area contributed by atoms with E-state index in [0.717, 1.165) is 12.5 Å². The Morgan fingerprint density at radius 2 is 1.95 bits per heavy atom. The largest absolute Gasteiger partial charge is 0.382 e. The lowest BCUT2D eigenvalue weighted by atomic mass is 10.1. The molecular weight excluding hydrogens is 391 g/mol. The maximum Gasteiger partial charge on any atom is 0.188 e. The minimum absolute atomic E-state index is 0. The van der Waals surface area contributed by atoms with E-state index in [1.165, 1.54) is 12.1 Å². The van der Waals surface area contributed by atoms with Crippen LogP contribution in [-0.2, 0) is 11.2 Å². The zero-order valence-corrected chi connectivity index (χ0v) is 14.4. The van der Waals surface area contributed by atoms with Crippen LogP contribution < -0.4 is 11.1 Å². The van der Waals surface area contributed by atoms with Crippen LogP contribution >= 0.6 is 24.0 Å². The van der Waals surface area contributed by atoms with Crippen LogP contribution in [0.15, 0.2) is 23.2 Å². The number of ether oxygens (including phenoxy) is 1. The Morgan fingerprint density at radius 3 is 2.57 bits per heavy atom. The summed E-state index contributed by atoms with van der Waals surface area (Å²) in [6, 6.07) is 3.46. The Labute approximate surface area is 141 Å². The molecule has 0 heterocycles. The number of nitrogens with one attached hydrogen (secondary N) is 1. The molecular formula is C14H22F2IN3O. The van der Waals surface area contributed by atoms with Crippen LogP contribution in [0, 0.1) is 11.6 Å². The molecule has 120 valence electrons. The number of benzene rings is 1. The van der Waals surface area contributed by atoms with E-state index in [0.29, 0.717) is 44.2 Å². The van der Waals surface area contributed by atoms with E-state index in [1.54, 1.807) is 0 Å². The fourth-order valence-corrected chi connectivity index (χ4v) is 1.66. The molecule has 0 saturated carbocycles. The first-order chi connectivity index (χ1) is 9.61. The van der Waals surface area contributed by atoms with E-state index in [9.17, 15) is 8.78 Å². The summed E-state index contributed by atoms with van der Waals surface area (Å²) in [5, 5.41) is 2.90. The summed E-state index contributed by atoms with van der Waals surface area (Å²) in [6.07, 6.45) is 1.29. The van der Waals surface area contributed by atoms with Gasteiger partial charge in [0.15, 0.2) is 5.96 Å². The van der Waals surface area contributed by atoms with E-state index < -0.39 is 11.6 Å². The fourth-order valence-electron chi connectivity index (χ4n) is 1.66. The standard InChI is InChI=1S/C14H21F2N3O.HI/c1-2-20-7-3-5-18-14(17)19-6-4-11-8-12(15)10-13(16)9-11;/h8-10H,2-7H2,1H3,(H3,17,18,19);1H. The van der Waals surface area contributed by atoms with Crippen LogP contribution in [-0.4, -0.2) is 32.3 Å². The van der Waals surface area contributed by atoms with Gasteiger partial charge in [-0.15, -0.1) is 24.0 Å². The molecule has 1 rings (SSSR count). The second kappa shape index (κ2) is 11.7. The van der Waals surface area contributed by atoms with Crippen LogP contribution in [0.25, 0.3) is 0 Å². The number of nitrogens with two attached hydrogens (primary N) is 1. The molecule has 0 aliphatic heterocycles. The van der Waals surface area contributed by atoms with Crippen molar-refractivity contribution in [1.29, 1.82) is 0 Å². The van der Waals surface area contributed by atoms with Crippen molar-refractivity contribution >= 4 is 29.9 Å². The number of hydrogen-bond donors (Lipinski definition) is 2. The number of rotatable bonds is 8. The van der Waals surface area contributed by atoms with Gasteiger partial charge in [0.25, 0.3) is 0 Å². The lowest BCUT2D eigenvalue weighted by Gasteiger charge is -2.06. The third kappa shape index (κ3) is 9.57. The van der Waals surface area contributed by atoms with Gasteiger partial charge in [0.2, 0.25) is 0 Å². The molecule has 1 aromatic carbocycles. The monoisotopic (exact) mass is 413 g/mol. The average Bonchev–Trinajstić information content (AvgIpc) is 2.37. The first kappa shape index (κ1) is 20.0. The van der Waals surface area contributed by atoms with E-state index in [2.05, 4.69) is 10.3 Å². The molecule has 0 aliphatic rings. The third-order valence-corrected chi connectivity index (χ3v) is 2.58. The highest BCUT2D eigenvalue weighted by Crippen LogP contribution is 2.07. The first-order valence-corrected chi connectivity index (χ1v) is 6.68. The maximum atomic E-state index is 13.0. The highest BCUT2D eigenvalue weighted by atomic mass is 127. The Hall–Kier alpha value is -0.960. The molecule has 0 radical (unpaired) electrons. The van der Waals surface area contributed by atoms with Crippen LogP contribution in [0.2, 0.25) is 0 Å². The molecule has 0 bridgehead atoms. The topological polar surface area (TPSA) is 59.6 Å². The molecule has 0 saturated heterocycles. The summed E-state index contributed by atoms with van der Waals surface area (Å²) in [5.41, 5.74) is 6.24.